The molecule has 4 heterocycles. The molecule has 3 N–H and O–H groups in total. The monoisotopic (exact) mass is 735 g/mol. The first-order chi connectivity index (χ1) is 25.5. The summed E-state index contributed by atoms with van der Waals surface area (Å²) in [5, 5.41) is 5.17. The lowest BCUT2D eigenvalue weighted by Crippen LogP contribution is -2.56. The van der Waals surface area contributed by atoms with Crippen LogP contribution in [0.1, 0.15) is 45.6 Å². The Bertz CT molecular complexity index is 2460. The predicted molar refractivity (Wildman–Crippen MR) is 201 cm³/mol. The maximum absolute atomic E-state index is 15.2. The van der Waals surface area contributed by atoms with Crippen LogP contribution in [-0.4, -0.2) is 70.6 Å². The summed E-state index contributed by atoms with van der Waals surface area (Å²) in [5.41, 5.74) is 12.1. The molecule has 272 valence electrons. The minimum Gasteiger partial charge on any atom is -0.490 e. The summed E-state index contributed by atoms with van der Waals surface area (Å²) in [6.45, 7) is 3.43. The fourth-order valence-electron chi connectivity index (χ4n) is 7.50. The molecule has 2 aromatic heterocycles. The number of piperidine rings is 1. The molecule has 4 aromatic carbocycles. The van der Waals surface area contributed by atoms with Crippen LogP contribution >= 0.6 is 0 Å². The van der Waals surface area contributed by atoms with E-state index in [1.54, 1.807) is 42.5 Å². The fraction of sp³-hybridized carbons (Fsp3) is 0.268. The predicted octanol–water partition coefficient (Wildman–Crippen LogP) is 6.85. The Hall–Kier alpha value is -5.33. The molecule has 0 spiro atoms. The highest BCUT2D eigenvalue weighted by Crippen LogP contribution is 2.38. The maximum Gasteiger partial charge on any atom is 0.214 e. The molecule has 12 heteroatoms. The van der Waals surface area contributed by atoms with Gasteiger partial charge in [0.1, 0.15) is 29.3 Å². The normalized spacial score (nSPS) is 16.5. The van der Waals surface area contributed by atoms with Crippen molar-refractivity contribution in [3.05, 3.63) is 131 Å². The number of nitrogens with one attached hydrogen (secondary N) is 1. The van der Waals surface area contributed by atoms with Crippen molar-refractivity contribution in [2.75, 3.05) is 30.3 Å². The molecule has 0 unspecified atom stereocenters. The summed E-state index contributed by atoms with van der Waals surface area (Å²) in [4.78, 5) is 19.3. The number of rotatable bonds is 10. The van der Waals surface area contributed by atoms with E-state index < -0.39 is 15.7 Å². The number of hydrogen-bond donors (Lipinski definition) is 2. The summed E-state index contributed by atoms with van der Waals surface area (Å²) < 4.78 is 60.8. The number of halogens is 2. The number of ketones is 1. The second kappa shape index (κ2) is 13.9. The van der Waals surface area contributed by atoms with Crippen LogP contribution < -0.4 is 10.5 Å². The number of anilines is 1. The zero-order valence-corrected chi connectivity index (χ0v) is 30.0. The molecular weight excluding hydrogens is 697 g/mol. The Balaban J connectivity index is 1.03. The van der Waals surface area contributed by atoms with E-state index in [2.05, 4.69) is 15.0 Å². The number of ether oxygens (including phenoxy) is 1. The Labute approximate surface area is 306 Å². The van der Waals surface area contributed by atoms with Crippen molar-refractivity contribution in [2.45, 2.75) is 44.8 Å². The molecule has 2 aliphatic heterocycles. The molecular formula is C41H39F2N5O4S. The third kappa shape index (κ3) is 6.96. The van der Waals surface area contributed by atoms with Crippen molar-refractivity contribution in [3.8, 4) is 22.6 Å². The molecule has 0 radical (unpaired) electrons. The van der Waals surface area contributed by atoms with Crippen LogP contribution in [0, 0.1) is 18.6 Å². The van der Waals surface area contributed by atoms with Crippen LogP contribution in [0.5, 0.6) is 5.75 Å². The summed E-state index contributed by atoms with van der Waals surface area (Å²) in [6.07, 6.45) is 3.98. The SMILES string of the molecule is Cc1cc(-n2ncc(C(=O)c3cc4cc(OC5CCN(C6CS(=O)(=O)C6)CC5)c(-c5ccccc5F)cc4[nH]3)c2N)ccc1CCc1ccccc1F. The number of likely N-dealkylation sites (tertiary alicyclic amines) is 1. The molecule has 6 aromatic rings. The standard InChI is InChI=1S/C41H39F2N5O4S/c1-25-18-29(13-12-26(25)10-11-27-6-2-4-8-35(27)42)48-41(44)34(22-45-48)40(49)38-19-28-20-39(33(21-37(28)46-38)32-7-3-5-9-36(32)43)52-31-14-16-47(17-15-31)30-23-53(50,51)24-30/h2-9,12-13,18-22,30-31,46H,10-11,14-17,23-24,44H2,1H3. The highest BCUT2D eigenvalue weighted by molar-refractivity contribution is 7.92. The number of nitrogens with zero attached hydrogens (tertiary/aromatic N) is 3. The van der Waals surface area contributed by atoms with Crippen LogP contribution in [0.15, 0.2) is 91.1 Å². The van der Waals surface area contributed by atoms with Crippen molar-refractivity contribution in [2.24, 2.45) is 0 Å². The number of aryl methyl sites for hydroxylation is 3. The number of aromatic amines is 1. The minimum absolute atomic E-state index is 0.0660. The van der Waals surface area contributed by atoms with E-state index in [4.69, 9.17) is 10.5 Å². The highest BCUT2D eigenvalue weighted by Gasteiger charge is 2.39. The maximum atomic E-state index is 15.2. The molecule has 0 atom stereocenters. The Morgan fingerprint density at radius 1 is 0.906 bits per heavy atom. The number of sulfone groups is 1. The van der Waals surface area contributed by atoms with Crippen molar-refractivity contribution in [1.82, 2.24) is 19.7 Å². The zero-order valence-electron chi connectivity index (χ0n) is 29.2. The number of aromatic nitrogens is 3. The van der Waals surface area contributed by atoms with E-state index in [0.717, 1.165) is 24.2 Å². The van der Waals surface area contributed by atoms with E-state index in [9.17, 15) is 17.6 Å². The number of fused-ring (bicyclic) bond motifs is 1. The highest BCUT2D eigenvalue weighted by atomic mass is 32.2. The molecule has 9 nitrogen and oxygen atoms in total. The summed E-state index contributed by atoms with van der Waals surface area (Å²) in [7, 11) is -2.91. The van der Waals surface area contributed by atoms with E-state index in [1.165, 1.54) is 23.0 Å². The number of H-pyrrole nitrogens is 1. The molecule has 2 fully saturated rings. The zero-order chi connectivity index (χ0) is 36.9. The fourth-order valence-corrected chi connectivity index (χ4v) is 9.00. The van der Waals surface area contributed by atoms with Crippen LogP contribution in [0.3, 0.4) is 0 Å². The summed E-state index contributed by atoms with van der Waals surface area (Å²) in [6, 6.07) is 24.5. The quantitative estimate of drug-likeness (QED) is 0.148. The average Bonchev–Trinajstić information content (AvgIpc) is 3.73. The van der Waals surface area contributed by atoms with E-state index in [1.807, 2.05) is 37.3 Å². The third-order valence-corrected chi connectivity index (χ3v) is 12.3. The number of hydrogen-bond acceptors (Lipinski definition) is 7. The Morgan fingerprint density at radius 3 is 2.34 bits per heavy atom. The van der Waals surface area contributed by atoms with Gasteiger partial charge in [-0.2, -0.15) is 5.10 Å². The van der Waals surface area contributed by atoms with Crippen molar-refractivity contribution in [1.29, 1.82) is 0 Å². The molecule has 2 aliphatic rings. The van der Waals surface area contributed by atoms with Gasteiger partial charge in [-0.05, 0) is 91.8 Å². The van der Waals surface area contributed by atoms with Gasteiger partial charge in [0.15, 0.2) is 9.84 Å². The van der Waals surface area contributed by atoms with Crippen molar-refractivity contribution in [3.63, 3.8) is 0 Å². The molecule has 53 heavy (non-hydrogen) atoms. The van der Waals surface area contributed by atoms with E-state index in [-0.39, 0.29) is 46.6 Å². The number of carbonyl (C=O) groups excluding carboxylic acids is 1. The molecule has 0 aliphatic carbocycles. The third-order valence-electron chi connectivity index (χ3n) is 10.6. The minimum atomic E-state index is -2.91. The second-order valence-corrected chi connectivity index (χ2v) is 16.2. The Morgan fingerprint density at radius 2 is 1.62 bits per heavy atom. The van der Waals surface area contributed by atoms with Crippen LogP contribution in [0.25, 0.3) is 27.7 Å². The summed E-state index contributed by atoms with van der Waals surface area (Å²) in [5.74, 6) is 0.161. The van der Waals surface area contributed by atoms with Gasteiger partial charge in [0.05, 0.1) is 34.6 Å². The molecule has 0 amide bonds. The molecule has 0 bridgehead atoms. The Kier molecular flexibility index (Phi) is 9.11. The summed E-state index contributed by atoms with van der Waals surface area (Å²) >= 11 is 0. The van der Waals surface area contributed by atoms with Crippen molar-refractivity contribution >= 4 is 32.3 Å². The van der Waals surface area contributed by atoms with Gasteiger partial charge < -0.3 is 15.5 Å². The molecule has 0 saturated carbocycles. The average molecular weight is 736 g/mol. The number of nitrogens with two attached hydrogens (primary N) is 1. The van der Waals surface area contributed by atoms with Gasteiger partial charge in [-0.25, -0.2) is 21.9 Å². The van der Waals surface area contributed by atoms with Crippen LogP contribution in [-0.2, 0) is 22.7 Å². The smallest absolute Gasteiger partial charge is 0.214 e. The first-order valence-electron chi connectivity index (χ1n) is 17.8. The number of benzene rings is 4. The van der Waals surface area contributed by atoms with Gasteiger partial charge in [0.25, 0.3) is 0 Å². The number of carbonyl (C=O) groups is 1. The van der Waals surface area contributed by atoms with Gasteiger partial charge in [0.2, 0.25) is 5.78 Å². The van der Waals surface area contributed by atoms with Gasteiger partial charge in [-0.15, -0.1) is 0 Å². The van der Waals surface area contributed by atoms with Crippen LogP contribution in [0.4, 0.5) is 14.6 Å². The molecule has 8 rings (SSSR count). The van der Waals surface area contributed by atoms with E-state index >= 15 is 4.39 Å². The molecule has 2 saturated heterocycles. The largest absolute Gasteiger partial charge is 0.490 e. The van der Waals surface area contributed by atoms with Gasteiger partial charge in [-0.1, -0.05) is 42.5 Å². The first kappa shape index (κ1) is 34.7. The van der Waals surface area contributed by atoms with Crippen LogP contribution in [0.2, 0.25) is 0 Å². The van der Waals surface area contributed by atoms with Gasteiger partial charge >= 0.3 is 0 Å². The lowest BCUT2D eigenvalue weighted by Gasteiger charge is -2.41. The first-order valence-corrected chi connectivity index (χ1v) is 19.6. The lowest BCUT2D eigenvalue weighted by molar-refractivity contribution is 0.0827. The second-order valence-electron chi connectivity index (χ2n) is 14.1. The van der Waals surface area contributed by atoms with Gasteiger partial charge in [0, 0.05) is 41.2 Å². The topological polar surface area (TPSA) is 123 Å². The van der Waals surface area contributed by atoms with Crippen molar-refractivity contribution < 1.29 is 26.7 Å². The van der Waals surface area contributed by atoms with E-state index in [0.29, 0.717) is 70.4 Å². The van der Waals surface area contributed by atoms with Gasteiger partial charge in [-0.3, -0.25) is 9.69 Å². The lowest BCUT2D eigenvalue weighted by atomic mass is 10.00. The number of nitrogen functional groups attached to an aromatic ring is 1.